The number of carbonyl (C=O) groups excluding carboxylic acids is 1. The topological polar surface area (TPSA) is 17.1 Å². The number of benzene rings is 1. The predicted octanol–water partition coefficient (Wildman–Crippen LogP) is 2.89. The van der Waals surface area contributed by atoms with Gasteiger partial charge in [-0.3, -0.25) is 4.79 Å². The molecule has 1 aromatic rings. The van der Waals surface area contributed by atoms with Crippen LogP contribution in [0.25, 0.3) is 0 Å². The molecule has 1 aliphatic heterocycles. The van der Waals surface area contributed by atoms with E-state index in [1.165, 1.54) is 12.1 Å². The molecule has 1 unspecified atom stereocenters. The number of fused-ring (bicyclic) bond motifs is 1. The second-order valence-corrected chi connectivity index (χ2v) is 4.68. The molecule has 13 heavy (non-hydrogen) atoms. The minimum atomic E-state index is -0.270. The average molecular weight is 196 g/mol. The van der Waals surface area contributed by atoms with Crippen LogP contribution in [0.5, 0.6) is 0 Å². The summed E-state index contributed by atoms with van der Waals surface area (Å²) in [5.41, 5.74) is 0.671. The summed E-state index contributed by atoms with van der Waals surface area (Å²) in [6.45, 7) is 1.98. The third-order valence-electron chi connectivity index (χ3n) is 2.05. The zero-order valence-corrected chi connectivity index (χ0v) is 8.03. The summed E-state index contributed by atoms with van der Waals surface area (Å²) in [6.07, 6.45) is 0.559. The normalized spacial score (nSPS) is 21.4. The highest BCUT2D eigenvalue weighted by Gasteiger charge is 2.22. The number of rotatable bonds is 0. The molecule has 0 N–H and O–H groups in total. The minimum absolute atomic E-state index is 0.126. The van der Waals surface area contributed by atoms with Gasteiger partial charge in [0.25, 0.3) is 0 Å². The third kappa shape index (κ3) is 1.61. The quantitative estimate of drug-likeness (QED) is 0.634. The van der Waals surface area contributed by atoms with Crippen LogP contribution in [-0.2, 0) is 0 Å². The number of carbonyl (C=O) groups is 1. The maximum atomic E-state index is 12.8. The zero-order chi connectivity index (χ0) is 9.42. The van der Waals surface area contributed by atoms with Gasteiger partial charge in [-0.2, -0.15) is 0 Å². The Labute approximate surface area is 80.3 Å². The van der Waals surface area contributed by atoms with Crippen molar-refractivity contribution in [2.45, 2.75) is 23.5 Å². The van der Waals surface area contributed by atoms with Crippen LogP contribution in [0.3, 0.4) is 0 Å². The lowest BCUT2D eigenvalue weighted by molar-refractivity contribution is 0.0978. The van der Waals surface area contributed by atoms with E-state index in [2.05, 4.69) is 0 Å². The van der Waals surface area contributed by atoms with Crippen molar-refractivity contribution < 1.29 is 9.18 Å². The highest BCUT2D eigenvalue weighted by atomic mass is 32.2. The molecule has 0 aliphatic carbocycles. The first-order chi connectivity index (χ1) is 6.16. The van der Waals surface area contributed by atoms with E-state index in [4.69, 9.17) is 0 Å². The van der Waals surface area contributed by atoms with E-state index in [1.807, 2.05) is 6.92 Å². The molecule has 3 heteroatoms. The molecule has 0 aromatic heterocycles. The zero-order valence-electron chi connectivity index (χ0n) is 7.21. The first-order valence-electron chi connectivity index (χ1n) is 4.16. The standard InChI is InChI=1S/C10H9FOS/c1-6-4-9(12)8-3-2-7(11)5-10(8)13-6/h2-3,5-6H,4H2,1H3. The second-order valence-electron chi connectivity index (χ2n) is 3.20. The van der Waals surface area contributed by atoms with Crippen LogP contribution in [-0.4, -0.2) is 11.0 Å². The van der Waals surface area contributed by atoms with Crippen LogP contribution in [0.15, 0.2) is 23.1 Å². The van der Waals surface area contributed by atoms with Crippen LogP contribution in [0.2, 0.25) is 0 Å². The van der Waals surface area contributed by atoms with Crippen LogP contribution in [0.1, 0.15) is 23.7 Å². The molecule has 1 nitrogen and oxygen atoms in total. The Morgan fingerprint density at radius 2 is 2.31 bits per heavy atom. The fourth-order valence-electron chi connectivity index (χ4n) is 1.45. The molecule has 2 rings (SSSR count). The van der Waals surface area contributed by atoms with Gasteiger partial charge in [-0.25, -0.2) is 4.39 Å². The smallest absolute Gasteiger partial charge is 0.165 e. The van der Waals surface area contributed by atoms with E-state index >= 15 is 0 Å². The van der Waals surface area contributed by atoms with Gasteiger partial charge >= 0.3 is 0 Å². The van der Waals surface area contributed by atoms with Gasteiger partial charge in [0, 0.05) is 22.1 Å². The summed E-state index contributed by atoms with van der Waals surface area (Å²) in [7, 11) is 0. The summed E-state index contributed by atoms with van der Waals surface area (Å²) >= 11 is 1.57. The molecule has 68 valence electrons. The summed E-state index contributed by atoms with van der Waals surface area (Å²) < 4.78 is 12.8. The molecule has 0 saturated carbocycles. The number of hydrogen-bond acceptors (Lipinski definition) is 2. The Morgan fingerprint density at radius 3 is 3.08 bits per heavy atom. The lowest BCUT2D eigenvalue weighted by Crippen LogP contribution is -2.14. The Balaban J connectivity index is 2.49. The van der Waals surface area contributed by atoms with Crippen molar-refractivity contribution in [3.8, 4) is 0 Å². The van der Waals surface area contributed by atoms with Gasteiger partial charge in [0.15, 0.2) is 5.78 Å². The number of Topliss-reactive ketones (excluding diaryl/α,β-unsaturated/α-hetero) is 1. The van der Waals surface area contributed by atoms with Gasteiger partial charge < -0.3 is 0 Å². The monoisotopic (exact) mass is 196 g/mol. The van der Waals surface area contributed by atoms with E-state index in [1.54, 1.807) is 17.8 Å². The van der Waals surface area contributed by atoms with Gasteiger partial charge in [-0.1, -0.05) is 6.92 Å². The fraction of sp³-hybridized carbons (Fsp3) is 0.300. The SMILES string of the molecule is CC1CC(=O)c2ccc(F)cc2S1. The summed E-state index contributed by atoms with van der Waals surface area (Å²) in [6, 6.07) is 4.35. The molecule has 0 amide bonds. The van der Waals surface area contributed by atoms with E-state index in [0.29, 0.717) is 12.0 Å². The number of hydrogen-bond donors (Lipinski definition) is 0. The Bertz CT molecular complexity index is 362. The molecule has 1 atom stereocenters. The van der Waals surface area contributed by atoms with E-state index in [-0.39, 0.29) is 16.9 Å². The molecule has 0 spiro atoms. The Hall–Kier alpha value is -0.830. The molecule has 0 saturated heterocycles. The van der Waals surface area contributed by atoms with Crippen molar-refractivity contribution in [3.63, 3.8) is 0 Å². The third-order valence-corrected chi connectivity index (χ3v) is 3.21. The average Bonchev–Trinajstić information content (AvgIpc) is 2.02. The summed E-state index contributed by atoms with van der Waals surface area (Å²) in [5, 5.41) is 0.266. The summed E-state index contributed by atoms with van der Waals surface area (Å²) in [5.74, 6) is -0.144. The first-order valence-corrected chi connectivity index (χ1v) is 5.04. The van der Waals surface area contributed by atoms with Gasteiger partial charge in [0.2, 0.25) is 0 Å². The Morgan fingerprint density at radius 1 is 1.54 bits per heavy atom. The molecule has 0 bridgehead atoms. The van der Waals surface area contributed by atoms with Crippen LogP contribution in [0, 0.1) is 5.82 Å². The Kier molecular flexibility index (Phi) is 2.12. The predicted molar refractivity (Wildman–Crippen MR) is 50.7 cm³/mol. The van der Waals surface area contributed by atoms with E-state index in [9.17, 15) is 9.18 Å². The highest BCUT2D eigenvalue weighted by molar-refractivity contribution is 8.00. The van der Waals surface area contributed by atoms with Crippen molar-refractivity contribution >= 4 is 17.5 Å². The van der Waals surface area contributed by atoms with Crippen molar-refractivity contribution in [2.75, 3.05) is 0 Å². The van der Waals surface area contributed by atoms with Gasteiger partial charge in [-0.15, -0.1) is 11.8 Å². The lowest BCUT2D eigenvalue weighted by atomic mass is 10.1. The minimum Gasteiger partial charge on any atom is -0.294 e. The van der Waals surface area contributed by atoms with Crippen LogP contribution < -0.4 is 0 Å². The molecule has 0 radical (unpaired) electrons. The molecule has 1 aliphatic rings. The summed E-state index contributed by atoms with van der Waals surface area (Å²) in [4.78, 5) is 12.3. The number of thioether (sulfide) groups is 1. The van der Waals surface area contributed by atoms with Crippen LogP contribution >= 0.6 is 11.8 Å². The molecule has 1 heterocycles. The van der Waals surface area contributed by atoms with Crippen molar-refractivity contribution in [2.24, 2.45) is 0 Å². The number of halogens is 1. The molecule has 0 fully saturated rings. The maximum absolute atomic E-state index is 12.8. The van der Waals surface area contributed by atoms with Crippen LogP contribution in [0.4, 0.5) is 4.39 Å². The van der Waals surface area contributed by atoms with Crippen molar-refractivity contribution in [3.05, 3.63) is 29.6 Å². The van der Waals surface area contributed by atoms with E-state index in [0.717, 1.165) is 4.90 Å². The highest BCUT2D eigenvalue weighted by Crippen LogP contribution is 2.35. The largest absolute Gasteiger partial charge is 0.294 e. The van der Waals surface area contributed by atoms with Gasteiger partial charge in [-0.05, 0) is 18.2 Å². The molecular weight excluding hydrogens is 187 g/mol. The van der Waals surface area contributed by atoms with Crippen molar-refractivity contribution in [1.82, 2.24) is 0 Å². The number of ketones is 1. The van der Waals surface area contributed by atoms with E-state index < -0.39 is 0 Å². The lowest BCUT2D eigenvalue weighted by Gasteiger charge is -2.19. The molecular formula is C10H9FOS. The maximum Gasteiger partial charge on any atom is 0.165 e. The van der Waals surface area contributed by atoms with Crippen molar-refractivity contribution in [1.29, 1.82) is 0 Å². The van der Waals surface area contributed by atoms with Gasteiger partial charge in [0.05, 0.1) is 0 Å². The first kappa shape index (κ1) is 8.75. The van der Waals surface area contributed by atoms with Gasteiger partial charge in [0.1, 0.15) is 5.82 Å². The fourth-order valence-corrected chi connectivity index (χ4v) is 2.61. The molecule has 1 aromatic carbocycles. The second kappa shape index (κ2) is 3.14.